The van der Waals surface area contributed by atoms with Crippen molar-refractivity contribution in [3.63, 3.8) is 0 Å². The Balaban J connectivity index is 1.83. The minimum atomic E-state index is -0.241. The third kappa shape index (κ3) is 3.04. The number of benzene rings is 2. The van der Waals surface area contributed by atoms with Gasteiger partial charge in [-0.25, -0.2) is 9.37 Å². The van der Waals surface area contributed by atoms with Gasteiger partial charge in [-0.15, -0.1) is 0 Å². The maximum absolute atomic E-state index is 13.0. The Kier molecular flexibility index (Phi) is 3.97. The topological polar surface area (TPSA) is 41.6 Å². The molecule has 3 nitrogen and oxygen atoms in total. The van der Waals surface area contributed by atoms with Crippen LogP contribution in [0.5, 0.6) is 0 Å². The Labute approximate surface area is 128 Å². The summed E-state index contributed by atoms with van der Waals surface area (Å²) in [6.45, 7) is 0.597. The van der Waals surface area contributed by atoms with E-state index < -0.39 is 0 Å². The van der Waals surface area contributed by atoms with Gasteiger partial charge in [-0.05, 0) is 29.3 Å². The van der Waals surface area contributed by atoms with E-state index in [0.717, 1.165) is 17.0 Å². The predicted molar refractivity (Wildman–Crippen MR) is 81.7 cm³/mol. The van der Waals surface area contributed by atoms with Crippen LogP contribution in [0.4, 0.5) is 4.39 Å². The van der Waals surface area contributed by atoms with Crippen LogP contribution in [-0.2, 0) is 13.0 Å². The molecule has 2 aromatic carbocycles. The van der Waals surface area contributed by atoms with E-state index in [-0.39, 0.29) is 5.82 Å². The molecular weight excluding hydrogens is 277 g/mol. The average Bonchev–Trinajstić information content (AvgIpc) is 2.97. The van der Waals surface area contributed by atoms with Crippen LogP contribution in [0.15, 0.2) is 60.9 Å². The van der Waals surface area contributed by atoms with Crippen molar-refractivity contribution in [2.45, 2.75) is 13.0 Å². The lowest BCUT2D eigenvalue weighted by Gasteiger charge is -2.09. The maximum Gasteiger partial charge on any atom is 0.123 e. The molecule has 0 fully saturated rings. The van der Waals surface area contributed by atoms with E-state index in [4.69, 9.17) is 5.26 Å². The number of hydrogen-bond acceptors (Lipinski definition) is 2. The highest BCUT2D eigenvalue weighted by Crippen LogP contribution is 2.13. The Bertz CT molecular complexity index is 813. The number of hydrogen-bond donors (Lipinski definition) is 0. The van der Waals surface area contributed by atoms with E-state index in [2.05, 4.69) is 11.1 Å². The van der Waals surface area contributed by atoms with Gasteiger partial charge in [0.25, 0.3) is 0 Å². The minimum Gasteiger partial charge on any atom is -0.330 e. The maximum atomic E-state index is 13.0. The van der Waals surface area contributed by atoms with E-state index >= 15 is 0 Å². The minimum absolute atomic E-state index is 0.241. The van der Waals surface area contributed by atoms with Crippen LogP contribution >= 0.6 is 0 Å². The van der Waals surface area contributed by atoms with Crippen molar-refractivity contribution in [1.82, 2.24) is 9.55 Å². The SMILES string of the molecule is N#Cc1ccccc1Cn1ccnc1Cc1ccc(F)cc1. The zero-order chi connectivity index (χ0) is 15.4. The Hall–Kier alpha value is -2.93. The summed E-state index contributed by atoms with van der Waals surface area (Å²) in [5.74, 6) is 0.648. The number of aromatic nitrogens is 2. The molecule has 1 heterocycles. The van der Waals surface area contributed by atoms with E-state index in [0.29, 0.717) is 18.5 Å². The average molecular weight is 291 g/mol. The standard InChI is InChI=1S/C18H14FN3/c19-17-7-5-14(6-8-17)11-18-21-9-10-22(18)13-16-4-2-1-3-15(16)12-20/h1-10H,11,13H2. The Morgan fingerprint density at radius 3 is 2.64 bits per heavy atom. The van der Waals surface area contributed by atoms with Crippen LogP contribution in [0.1, 0.15) is 22.5 Å². The fourth-order valence-electron chi connectivity index (χ4n) is 2.39. The highest BCUT2D eigenvalue weighted by molar-refractivity contribution is 5.37. The monoisotopic (exact) mass is 291 g/mol. The van der Waals surface area contributed by atoms with Gasteiger partial charge >= 0.3 is 0 Å². The first-order valence-electron chi connectivity index (χ1n) is 6.99. The highest BCUT2D eigenvalue weighted by Gasteiger charge is 2.07. The summed E-state index contributed by atoms with van der Waals surface area (Å²) in [4.78, 5) is 4.37. The molecule has 4 heteroatoms. The second-order valence-electron chi connectivity index (χ2n) is 5.04. The van der Waals surface area contributed by atoms with E-state index in [1.807, 2.05) is 35.0 Å². The second-order valence-corrected chi connectivity index (χ2v) is 5.04. The predicted octanol–water partition coefficient (Wildman–Crippen LogP) is 3.53. The van der Waals surface area contributed by atoms with E-state index in [9.17, 15) is 4.39 Å². The Morgan fingerprint density at radius 2 is 1.86 bits per heavy atom. The molecule has 0 aliphatic rings. The van der Waals surface area contributed by atoms with Crippen molar-refractivity contribution < 1.29 is 4.39 Å². The van der Waals surface area contributed by atoms with Crippen molar-refractivity contribution >= 4 is 0 Å². The number of nitrogens with zero attached hydrogens (tertiary/aromatic N) is 3. The van der Waals surface area contributed by atoms with Gasteiger partial charge in [-0.2, -0.15) is 5.26 Å². The quantitative estimate of drug-likeness (QED) is 0.738. The summed E-state index contributed by atoms with van der Waals surface area (Å²) in [7, 11) is 0. The lowest BCUT2D eigenvalue weighted by molar-refractivity contribution is 0.627. The molecule has 0 saturated heterocycles. The number of nitriles is 1. The van der Waals surface area contributed by atoms with Crippen LogP contribution in [0.2, 0.25) is 0 Å². The van der Waals surface area contributed by atoms with Gasteiger partial charge in [-0.1, -0.05) is 30.3 Å². The number of rotatable bonds is 4. The second kappa shape index (κ2) is 6.23. The molecule has 0 aliphatic carbocycles. The molecule has 0 unspecified atom stereocenters. The lowest BCUT2D eigenvalue weighted by atomic mass is 10.1. The highest BCUT2D eigenvalue weighted by atomic mass is 19.1. The van der Waals surface area contributed by atoms with Crippen LogP contribution in [0.25, 0.3) is 0 Å². The van der Waals surface area contributed by atoms with E-state index in [1.165, 1.54) is 12.1 Å². The smallest absolute Gasteiger partial charge is 0.123 e. The van der Waals surface area contributed by atoms with Crippen LogP contribution in [0.3, 0.4) is 0 Å². The van der Waals surface area contributed by atoms with Crippen molar-refractivity contribution in [2.75, 3.05) is 0 Å². The van der Waals surface area contributed by atoms with Crippen molar-refractivity contribution in [3.05, 3.63) is 89.3 Å². The largest absolute Gasteiger partial charge is 0.330 e. The van der Waals surface area contributed by atoms with Crippen LogP contribution < -0.4 is 0 Å². The van der Waals surface area contributed by atoms with Gasteiger partial charge in [0.15, 0.2) is 0 Å². The zero-order valence-electron chi connectivity index (χ0n) is 11.9. The van der Waals surface area contributed by atoms with Gasteiger partial charge in [0.2, 0.25) is 0 Å². The summed E-state index contributed by atoms with van der Waals surface area (Å²) >= 11 is 0. The van der Waals surface area contributed by atoms with Gasteiger partial charge in [0, 0.05) is 18.8 Å². The summed E-state index contributed by atoms with van der Waals surface area (Å²) < 4.78 is 15.0. The van der Waals surface area contributed by atoms with Gasteiger partial charge in [0.1, 0.15) is 11.6 Å². The van der Waals surface area contributed by atoms with Gasteiger partial charge in [0.05, 0.1) is 18.2 Å². The van der Waals surface area contributed by atoms with Gasteiger partial charge in [-0.3, -0.25) is 0 Å². The van der Waals surface area contributed by atoms with Crippen LogP contribution in [0, 0.1) is 17.1 Å². The number of halogens is 1. The van der Waals surface area contributed by atoms with E-state index in [1.54, 1.807) is 18.3 Å². The third-order valence-corrected chi connectivity index (χ3v) is 3.56. The number of imidazole rings is 1. The zero-order valence-corrected chi connectivity index (χ0v) is 11.9. The molecule has 0 spiro atoms. The molecule has 0 radical (unpaired) electrons. The van der Waals surface area contributed by atoms with Gasteiger partial charge < -0.3 is 4.57 Å². The van der Waals surface area contributed by atoms with Crippen molar-refractivity contribution in [1.29, 1.82) is 5.26 Å². The molecule has 0 atom stereocenters. The normalized spacial score (nSPS) is 10.4. The fraction of sp³-hybridized carbons (Fsp3) is 0.111. The van der Waals surface area contributed by atoms with Crippen LogP contribution in [-0.4, -0.2) is 9.55 Å². The summed E-state index contributed by atoms with van der Waals surface area (Å²) in [6.07, 6.45) is 4.27. The molecule has 0 saturated carbocycles. The summed E-state index contributed by atoms with van der Waals surface area (Å²) in [5.41, 5.74) is 2.63. The fourth-order valence-corrected chi connectivity index (χ4v) is 2.39. The molecular formula is C18H14FN3. The molecule has 0 amide bonds. The molecule has 0 aliphatic heterocycles. The van der Waals surface area contributed by atoms with Crippen molar-refractivity contribution in [2.24, 2.45) is 0 Å². The molecule has 1 aromatic heterocycles. The summed E-state index contributed by atoms with van der Waals surface area (Å²) in [6, 6.07) is 16.2. The molecule has 108 valence electrons. The van der Waals surface area contributed by atoms with Crippen molar-refractivity contribution in [3.8, 4) is 6.07 Å². The molecule has 0 bridgehead atoms. The molecule has 3 rings (SSSR count). The first-order valence-corrected chi connectivity index (χ1v) is 6.99. The lowest BCUT2D eigenvalue weighted by Crippen LogP contribution is -2.06. The first kappa shape index (κ1) is 14.0. The molecule has 0 N–H and O–H groups in total. The first-order chi connectivity index (χ1) is 10.8. The Morgan fingerprint density at radius 1 is 1.09 bits per heavy atom. The summed E-state index contributed by atoms with van der Waals surface area (Å²) in [5, 5.41) is 9.17. The third-order valence-electron chi connectivity index (χ3n) is 3.56. The molecule has 3 aromatic rings. The molecule has 22 heavy (non-hydrogen) atoms.